The highest BCUT2D eigenvalue weighted by atomic mass is 35.5. The normalized spacial score (nSPS) is 15.4. The average Bonchev–Trinajstić information content (AvgIpc) is 2.41. The molecule has 1 aliphatic rings. The standard InChI is InChI=1S/C15H22N2O3.ClH/c1-10(12-7-16-8-12)15(18)17-9-11-5-4-6-13(19-2)14(11)20-3;/h4-6,10,12,16H,7-9H2,1-3H3,(H,17,18);1H. The van der Waals surface area contributed by atoms with Crippen molar-refractivity contribution in [3.63, 3.8) is 0 Å². The van der Waals surface area contributed by atoms with Crippen molar-refractivity contribution in [2.45, 2.75) is 13.5 Å². The lowest BCUT2D eigenvalue weighted by atomic mass is 9.88. The van der Waals surface area contributed by atoms with Gasteiger partial charge in [0.2, 0.25) is 5.91 Å². The Balaban J connectivity index is 0.00000220. The molecule has 0 aliphatic carbocycles. The molecule has 1 atom stereocenters. The largest absolute Gasteiger partial charge is 0.493 e. The Hall–Kier alpha value is -1.46. The number of nitrogens with one attached hydrogen (secondary N) is 2. The van der Waals surface area contributed by atoms with Crippen molar-refractivity contribution < 1.29 is 14.3 Å². The van der Waals surface area contributed by atoms with Crippen LogP contribution in [-0.4, -0.2) is 33.2 Å². The minimum atomic E-state index is 0. The summed E-state index contributed by atoms with van der Waals surface area (Å²) >= 11 is 0. The number of methoxy groups -OCH3 is 2. The lowest BCUT2D eigenvalue weighted by Crippen LogP contribution is -2.49. The third-order valence-corrected chi connectivity index (χ3v) is 3.87. The zero-order valence-corrected chi connectivity index (χ0v) is 13.5. The van der Waals surface area contributed by atoms with Crippen LogP contribution in [0.25, 0.3) is 0 Å². The SMILES string of the molecule is COc1cccc(CNC(=O)C(C)C2CNC2)c1OC.Cl. The van der Waals surface area contributed by atoms with E-state index in [1.165, 1.54) is 0 Å². The molecular formula is C15H23ClN2O3. The Kier molecular flexibility index (Phi) is 6.78. The lowest BCUT2D eigenvalue weighted by molar-refractivity contribution is -0.126. The van der Waals surface area contributed by atoms with E-state index in [2.05, 4.69) is 10.6 Å². The Morgan fingerprint density at radius 1 is 1.38 bits per heavy atom. The van der Waals surface area contributed by atoms with Crippen LogP contribution < -0.4 is 20.1 Å². The summed E-state index contributed by atoms with van der Waals surface area (Å²) in [6.45, 7) is 4.28. The molecule has 2 rings (SSSR count). The van der Waals surface area contributed by atoms with Crippen molar-refractivity contribution in [1.82, 2.24) is 10.6 Å². The van der Waals surface area contributed by atoms with Crippen molar-refractivity contribution in [3.8, 4) is 11.5 Å². The first-order valence-electron chi connectivity index (χ1n) is 6.85. The molecular weight excluding hydrogens is 292 g/mol. The summed E-state index contributed by atoms with van der Waals surface area (Å²) in [4.78, 5) is 12.1. The van der Waals surface area contributed by atoms with E-state index in [1.54, 1.807) is 14.2 Å². The molecule has 2 N–H and O–H groups in total. The monoisotopic (exact) mass is 314 g/mol. The smallest absolute Gasteiger partial charge is 0.223 e. The van der Waals surface area contributed by atoms with Crippen LogP contribution in [0.15, 0.2) is 18.2 Å². The fourth-order valence-corrected chi connectivity index (χ4v) is 2.31. The van der Waals surface area contributed by atoms with Crippen LogP contribution in [0.1, 0.15) is 12.5 Å². The first-order chi connectivity index (χ1) is 9.67. The van der Waals surface area contributed by atoms with Gasteiger partial charge in [-0.1, -0.05) is 19.1 Å². The molecule has 1 fully saturated rings. The van der Waals surface area contributed by atoms with Crippen LogP contribution in [0, 0.1) is 11.8 Å². The van der Waals surface area contributed by atoms with Gasteiger partial charge in [0.05, 0.1) is 14.2 Å². The minimum Gasteiger partial charge on any atom is -0.493 e. The summed E-state index contributed by atoms with van der Waals surface area (Å²) in [7, 11) is 3.21. The molecule has 21 heavy (non-hydrogen) atoms. The molecule has 0 saturated carbocycles. The Morgan fingerprint density at radius 2 is 2.10 bits per heavy atom. The fraction of sp³-hybridized carbons (Fsp3) is 0.533. The summed E-state index contributed by atoms with van der Waals surface area (Å²) in [6.07, 6.45) is 0. The molecule has 1 saturated heterocycles. The van der Waals surface area contributed by atoms with Crippen molar-refractivity contribution in [2.24, 2.45) is 11.8 Å². The van der Waals surface area contributed by atoms with E-state index < -0.39 is 0 Å². The summed E-state index contributed by atoms with van der Waals surface area (Å²) in [5.74, 6) is 1.92. The van der Waals surface area contributed by atoms with Crippen molar-refractivity contribution >= 4 is 18.3 Å². The zero-order chi connectivity index (χ0) is 14.5. The van der Waals surface area contributed by atoms with Crippen LogP contribution in [-0.2, 0) is 11.3 Å². The number of hydrogen-bond donors (Lipinski definition) is 2. The summed E-state index contributed by atoms with van der Waals surface area (Å²) < 4.78 is 10.6. The van der Waals surface area contributed by atoms with E-state index in [9.17, 15) is 4.79 Å². The number of rotatable bonds is 6. The second-order valence-corrected chi connectivity index (χ2v) is 5.08. The molecule has 6 heteroatoms. The van der Waals surface area contributed by atoms with Gasteiger partial charge in [0.1, 0.15) is 0 Å². The van der Waals surface area contributed by atoms with E-state index >= 15 is 0 Å². The summed E-state index contributed by atoms with van der Waals surface area (Å²) in [6, 6.07) is 5.66. The van der Waals surface area contributed by atoms with Crippen molar-refractivity contribution in [2.75, 3.05) is 27.3 Å². The van der Waals surface area contributed by atoms with E-state index in [0.717, 1.165) is 18.7 Å². The Bertz CT molecular complexity index is 478. The van der Waals surface area contributed by atoms with Gasteiger partial charge in [-0.2, -0.15) is 0 Å². The molecule has 1 amide bonds. The average molecular weight is 315 g/mol. The van der Waals surface area contributed by atoms with Gasteiger partial charge in [-0.3, -0.25) is 4.79 Å². The quantitative estimate of drug-likeness (QED) is 0.837. The van der Waals surface area contributed by atoms with Crippen molar-refractivity contribution in [1.29, 1.82) is 0 Å². The number of amides is 1. The second kappa shape index (κ2) is 8.10. The Morgan fingerprint density at radius 3 is 2.62 bits per heavy atom. The molecule has 5 nitrogen and oxygen atoms in total. The third kappa shape index (κ3) is 4.02. The maximum atomic E-state index is 12.1. The van der Waals surface area contributed by atoms with E-state index in [1.807, 2.05) is 25.1 Å². The number of carbonyl (C=O) groups excluding carboxylic acids is 1. The maximum Gasteiger partial charge on any atom is 0.223 e. The molecule has 1 aromatic rings. The van der Waals surface area contributed by atoms with E-state index in [0.29, 0.717) is 24.0 Å². The number of para-hydroxylation sites is 1. The lowest BCUT2D eigenvalue weighted by Gasteiger charge is -2.31. The maximum absolute atomic E-state index is 12.1. The molecule has 0 spiro atoms. The van der Waals surface area contributed by atoms with Crippen LogP contribution in [0.2, 0.25) is 0 Å². The molecule has 1 unspecified atom stereocenters. The van der Waals surface area contributed by atoms with Gasteiger partial charge in [-0.05, 0) is 25.1 Å². The topological polar surface area (TPSA) is 59.6 Å². The van der Waals surface area contributed by atoms with Gasteiger partial charge in [0, 0.05) is 18.0 Å². The molecule has 0 bridgehead atoms. The minimum absolute atomic E-state index is 0. The highest BCUT2D eigenvalue weighted by Crippen LogP contribution is 2.30. The number of carbonyl (C=O) groups is 1. The van der Waals surface area contributed by atoms with Gasteiger partial charge < -0.3 is 20.1 Å². The first-order valence-corrected chi connectivity index (χ1v) is 6.85. The molecule has 1 aliphatic heterocycles. The second-order valence-electron chi connectivity index (χ2n) is 5.08. The molecule has 118 valence electrons. The van der Waals surface area contributed by atoms with Gasteiger partial charge in [-0.15, -0.1) is 12.4 Å². The van der Waals surface area contributed by atoms with E-state index in [-0.39, 0.29) is 24.2 Å². The first kappa shape index (κ1) is 17.6. The molecule has 1 heterocycles. The summed E-state index contributed by atoms with van der Waals surface area (Å²) in [5, 5.41) is 6.16. The highest BCUT2D eigenvalue weighted by molar-refractivity contribution is 5.85. The van der Waals surface area contributed by atoms with Crippen LogP contribution in [0.4, 0.5) is 0 Å². The Labute approximate surface area is 131 Å². The number of hydrogen-bond acceptors (Lipinski definition) is 4. The number of ether oxygens (including phenoxy) is 2. The van der Waals surface area contributed by atoms with Gasteiger partial charge in [0.25, 0.3) is 0 Å². The summed E-state index contributed by atoms with van der Waals surface area (Å²) in [5.41, 5.74) is 0.916. The van der Waals surface area contributed by atoms with Crippen LogP contribution in [0.3, 0.4) is 0 Å². The predicted molar refractivity (Wildman–Crippen MR) is 84.2 cm³/mol. The number of halogens is 1. The zero-order valence-electron chi connectivity index (χ0n) is 12.6. The van der Waals surface area contributed by atoms with Gasteiger partial charge in [-0.25, -0.2) is 0 Å². The fourth-order valence-electron chi connectivity index (χ4n) is 2.31. The van der Waals surface area contributed by atoms with Gasteiger partial charge in [0.15, 0.2) is 11.5 Å². The highest BCUT2D eigenvalue weighted by Gasteiger charge is 2.28. The van der Waals surface area contributed by atoms with Crippen LogP contribution >= 0.6 is 12.4 Å². The molecule has 0 radical (unpaired) electrons. The molecule has 0 aromatic heterocycles. The van der Waals surface area contributed by atoms with Crippen LogP contribution in [0.5, 0.6) is 11.5 Å². The van der Waals surface area contributed by atoms with E-state index in [4.69, 9.17) is 9.47 Å². The number of benzene rings is 1. The predicted octanol–water partition coefficient (Wildman–Crippen LogP) is 1.60. The third-order valence-electron chi connectivity index (χ3n) is 3.87. The van der Waals surface area contributed by atoms with Crippen molar-refractivity contribution in [3.05, 3.63) is 23.8 Å². The van der Waals surface area contributed by atoms with Gasteiger partial charge >= 0.3 is 0 Å². The molecule has 1 aromatic carbocycles.